The molecule has 19 heavy (non-hydrogen) atoms. The van der Waals surface area contributed by atoms with Gasteiger partial charge in [0, 0.05) is 4.88 Å². The van der Waals surface area contributed by atoms with Crippen LogP contribution in [-0.2, 0) is 11.3 Å². The lowest BCUT2D eigenvalue weighted by Gasteiger charge is -2.10. The number of alkyl carbamates (subject to hydrolysis) is 1. The molecule has 0 saturated heterocycles. The number of ether oxygens (including phenoxy) is 1. The monoisotopic (exact) mass is 272 g/mol. The molecule has 0 radical (unpaired) electrons. The average Bonchev–Trinajstić information content (AvgIpc) is 2.97. The summed E-state index contributed by atoms with van der Waals surface area (Å²) in [4.78, 5) is 12.4. The van der Waals surface area contributed by atoms with Crippen LogP contribution < -0.4 is 5.32 Å². The van der Waals surface area contributed by atoms with Gasteiger partial charge >= 0.3 is 6.09 Å². The van der Waals surface area contributed by atoms with Gasteiger partial charge in [-0.05, 0) is 17.0 Å². The van der Waals surface area contributed by atoms with Crippen molar-refractivity contribution < 1.29 is 9.53 Å². The van der Waals surface area contributed by atoms with E-state index in [9.17, 15) is 4.79 Å². The van der Waals surface area contributed by atoms with Gasteiger partial charge in [-0.1, -0.05) is 36.4 Å². The zero-order valence-electron chi connectivity index (χ0n) is 10.1. The molecule has 1 aromatic carbocycles. The van der Waals surface area contributed by atoms with E-state index >= 15 is 0 Å². The summed E-state index contributed by atoms with van der Waals surface area (Å²) in [6.07, 6.45) is -0.594. The van der Waals surface area contributed by atoms with Crippen LogP contribution in [0.5, 0.6) is 0 Å². The van der Waals surface area contributed by atoms with Crippen molar-refractivity contribution in [2.45, 2.75) is 12.6 Å². The first-order valence-electron chi connectivity index (χ1n) is 5.70. The number of hydrogen-bond donors (Lipinski definition) is 1. The second kappa shape index (κ2) is 6.57. The first-order valence-corrected chi connectivity index (χ1v) is 6.58. The highest BCUT2D eigenvalue weighted by Crippen LogP contribution is 2.18. The molecule has 0 aliphatic heterocycles. The van der Waals surface area contributed by atoms with Gasteiger partial charge < -0.3 is 10.1 Å². The predicted octanol–water partition coefficient (Wildman–Crippen LogP) is 3.24. The van der Waals surface area contributed by atoms with Crippen LogP contribution in [0.15, 0.2) is 47.8 Å². The molecule has 0 unspecified atom stereocenters. The Labute approximate surface area is 115 Å². The van der Waals surface area contributed by atoms with Crippen molar-refractivity contribution in [3.8, 4) is 6.07 Å². The lowest BCUT2D eigenvalue weighted by atomic mass is 10.2. The molecule has 5 heteroatoms. The predicted molar refractivity (Wildman–Crippen MR) is 72.4 cm³/mol. The molecular formula is C14H12N2O2S. The van der Waals surface area contributed by atoms with Crippen LogP contribution in [0.2, 0.25) is 0 Å². The summed E-state index contributed by atoms with van der Waals surface area (Å²) in [6, 6.07) is 14.4. The maximum atomic E-state index is 11.6. The Hall–Kier alpha value is -2.32. The summed E-state index contributed by atoms with van der Waals surface area (Å²) in [5.74, 6) is 0. The highest BCUT2D eigenvalue weighted by atomic mass is 32.1. The number of nitrogens with zero attached hydrogens (tertiary/aromatic N) is 1. The van der Waals surface area contributed by atoms with Gasteiger partial charge in [0.25, 0.3) is 0 Å². The first kappa shape index (κ1) is 13.1. The summed E-state index contributed by atoms with van der Waals surface area (Å²) < 4.78 is 5.06. The quantitative estimate of drug-likeness (QED) is 0.929. The minimum Gasteiger partial charge on any atom is -0.445 e. The third kappa shape index (κ3) is 3.83. The third-order valence-electron chi connectivity index (χ3n) is 2.43. The Bertz CT molecular complexity index is 561. The van der Waals surface area contributed by atoms with Crippen molar-refractivity contribution >= 4 is 17.4 Å². The van der Waals surface area contributed by atoms with Crippen LogP contribution in [0.25, 0.3) is 0 Å². The number of hydrogen-bond acceptors (Lipinski definition) is 4. The molecule has 2 rings (SSSR count). The van der Waals surface area contributed by atoms with E-state index in [4.69, 9.17) is 10.00 Å². The van der Waals surface area contributed by atoms with Crippen molar-refractivity contribution in [2.75, 3.05) is 0 Å². The van der Waals surface area contributed by atoms with Crippen LogP contribution in [0, 0.1) is 11.3 Å². The van der Waals surface area contributed by atoms with Gasteiger partial charge in [-0.15, -0.1) is 11.3 Å². The van der Waals surface area contributed by atoms with E-state index in [2.05, 4.69) is 5.32 Å². The van der Waals surface area contributed by atoms with Crippen LogP contribution in [-0.4, -0.2) is 6.09 Å². The highest BCUT2D eigenvalue weighted by Gasteiger charge is 2.15. The second-order valence-corrected chi connectivity index (χ2v) is 4.76. The van der Waals surface area contributed by atoms with Gasteiger partial charge in [-0.3, -0.25) is 0 Å². The Morgan fingerprint density at radius 1 is 1.32 bits per heavy atom. The Morgan fingerprint density at radius 2 is 2.11 bits per heavy atom. The van der Waals surface area contributed by atoms with Gasteiger partial charge in [0.2, 0.25) is 0 Å². The lowest BCUT2D eigenvalue weighted by molar-refractivity contribution is 0.138. The van der Waals surface area contributed by atoms with E-state index in [-0.39, 0.29) is 6.61 Å². The van der Waals surface area contributed by atoms with E-state index in [1.807, 2.05) is 47.8 Å². The standard InChI is InChI=1S/C14H12N2O2S/c15-9-12(13-7-4-8-19-13)16-14(17)18-10-11-5-2-1-3-6-11/h1-8,12H,10H2,(H,16,17)/t12-/m0/s1. The van der Waals surface area contributed by atoms with Crippen LogP contribution in [0.3, 0.4) is 0 Å². The zero-order valence-corrected chi connectivity index (χ0v) is 10.9. The largest absolute Gasteiger partial charge is 0.445 e. The number of rotatable bonds is 4. The van der Waals surface area contributed by atoms with Crippen molar-refractivity contribution in [3.05, 3.63) is 58.3 Å². The number of thiophene rings is 1. The number of nitrogens with one attached hydrogen (secondary N) is 1. The molecule has 1 heterocycles. The fourth-order valence-electron chi connectivity index (χ4n) is 1.51. The number of amides is 1. The molecule has 0 spiro atoms. The molecular weight excluding hydrogens is 260 g/mol. The van der Waals surface area contributed by atoms with Gasteiger partial charge in [0.15, 0.2) is 6.04 Å². The molecule has 1 atom stereocenters. The van der Waals surface area contributed by atoms with Crippen molar-refractivity contribution in [1.29, 1.82) is 5.26 Å². The Morgan fingerprint density at radius 3 is 2.74 bits per heavy atom. The van der Waals surface area contributed by atoms with Crippen LogP contribution >= 0.6 is 11.3 Å². The van der Waals surface area contributed by atoms with Gasteiger partial charge in [0.05, 0.1) is 6.07 Å². The van der Waals surface area contributed by atoms with Gasteiger partial charge in [0.1, 0.15) is 6.61 Å². The third-order valence-corrected chi connectivity index (χ3v) is 3.37. The number of carbonyl (C=O) groups is 1. The molecule has 0 bridgehead atoms. The maximum absolute atomic E-state index is 11.6. The molecule has 1 aromatic heterocycles. The SMILES string of the molecule is N#C[C@H](NC(=O)OCc1ccccc1)c1cccs1. The summed E-state index contributed by atoms with van der Waals surface area (Å²) in [5.41, 5.74) is 0.905. The Balaban J connectivity index is 1.86. The van der Waals surface area contributed by atoms with Crippen molar-refractivity contribution in [1.82, 2.24) is 5.32 Å². The average molecular weight is 272 g/mol. The molecule has 0 fully saturated rings. The number of benzene rings is 1. The molecule has 4 nitrogen and oxygen atoms in total. The topological polar surface area (TPSA) is 62.1 Å². The number of nitriles is 1. The lowest BCUT2D eigenvalue weighted by Crippen LogP contribution is -2.27. The van der Waals surface area contributed by atoms with Gasteiger partial charge in [-0.25, -0.2) is 4.79 Å². The molecule has 0 aliphatic carbocycles. The smallest absolute Gasteiger partial charge is 0.408 e. The summed E-state index contributed by atoms with van der Waals surface area (Å²) >= 11 is 1.42. The molecule has 0 saturated carbocycles. The van der Waals surface area contributed by atoms with Crippen molar-refractivity contribution in [3.63, 3.8) is 0 Å². The van der Waals surface area contributed by atoms with E-state index < -0.39 is 12.1 Å². The minimum atomic E-state index is -0.664. The maximum Gasteiger partial charge on any atom is 0.408 e. The minimum absolute atomic E-state index is 0.190. The molecule has 2 aromatic rings. The fourth-order valence-corrected chi connectivity index (χ4v) is 2.22. The highest BCUT2D eigenvalue weighted by molar-refractivity contribution is 7.10. The summed E-state index contributed by atoms with van der Waals surface area (Å²) in [6.45, 7) is 0.190. The Kier molecular flexibility index (Phi) is 4.54. The second-order valence-electron chi connectivity index (χ2n) is 3.78. The van der Waals surface area contributed by atoms with E-state index in [0.29, 0.717) is 0 Å². The normalized spacial score (nSPS) is 11.3. The van der Waals surface area contributed by atoms with Crippen LogP contribution in [0.1, 0.15) is 16.5 Å². The van der Waals surface area contributed by atoms with Crippen molar-refractivity contribution in [2.24, 2.45) is 0 Å². The van der Waals surface area contributed by atoms with Crippen LogP contribution in [0.4, 0.5) is 4.79 Å². The molecule has 1 amide bonds. The van der Waals surface area contributed by atoms with E-state index in [1.54, 1.807) is 6.07 Å². The summed E-state index contributed by atoms with van der Waals surface area (Å²) in [7, 11) is 0. The number of carbonyl (C=O) groups excluding carboxylic acids is 1. The summed E-state index contributed by atoms with van der Waals surface area (Å²) in [5, 5.41) is 13.4. The van der Waals surface area contributed by atoms with E-state index in [1.165, 1.54) is 11.3 Å². The fraction of sp³-hybridized carbons (Fsp3) is 0.143. The van der Waals surface area contributed by atoms with E-state index in [0.717, 1.165) is 10.4 Å². The zero-order chi connectivity index (χ0) is 13.5. The first-order chi connectivity index (χ1) is 9.29. The molecule has 96 valence electrons. The molecule has 1 N–H and O–H groups in total. The van der Waals surface area contributed by atoms with Gasteiger partial charge in [-0.2, -0.15) is 5.26 Å². The molecule has 0 aliphatic rings.